The van der Waals surface area contributed by atoms with Crippen LogP contribution in [0, 0.1) is 5.92 Å². The maximum absolute atomic E-state index is 12.4. The molecule has 2 aliphatic rings. The van der Waals surface area contributed by atoms with Crippen molar-refractivity contribution in [2.75, 3.05) is 7.05 Å². The number of carboxylic acid groups (broad SMARTS) is 1. The highest BCUT2D eigenvalue weighted by Gasteiger charge is 2.31. The van der Waals surface area contributed by atoms with Crippen LogP contribution in [0.1, 0.15) is 18.9 Å². The van der Waals surface area contributed by atoms with Crippen molar-refractivity contribution in [1.29, 1.82) is 0 Å². The molecule has 0 radical (unpaired) electrons. The number of allylic oxidation sites excluding steroid dienone is 2. The summed E-state index contributed by atoms with van der Waals surface area (Å²) in [5, 5.41) is 12.3. The molecule has 0 bridgehead atoms. The zero-order chi connectivity index (χ0) is 21.2. The highest BCUT2D eigenvalue weighted by atomic mass is 19.4. The van der Waals surface area contributed by atoms with Crippen LogP contribution in [0.2, 0.25) is 0 Å². The maximum Gasteiger partial charge on any atom is 0.573 e. The third-order valence-corrected chi connectivity index (χ3v) is 4.35. The molecule has 9 heteroatoms. The van der Waals surface area contributed by atoms with Gasteiger partial charge in [-0.3, -0.25) is 0 Å². The molecule has 0 saturated carbocycles. The molecule has 0 saturated heterocycles. The van der Waals surface area contributed by atoms with Crippen molar-refractivity contribution in [2.24, 2.45) is 10.9 Å². The van der Waals surface area contributed by atoms with Crippen LogP contribution in [0.3, 0.4) is 0 Å². The largest absolute Gasteiger partial charge is 0.573 e. The van der Waals surface area contributed by atoms with Gasteiger partial charge < -0.3 is 19.9 Å². The topological polar surface area (TPSA) is 80.2 Å². The average molecular weight is 408 g/mol. The van der Waals surface area contributed by atoms with E-state index in [1.807, 2.05) is 13.0 Å². The Morgan fingerprint density at radius 3 is 2.83 bits per heavy atom. The monoisotopic (exact) mass is 408 g/mol. The summed E-state index contributed by atoms with van der Waals surface area (Å²) in [7, 11) is 1.69. The first-order chi connectivity index (χ1) is 13.6. The standard InChI is InChI=1S/C20H19F3N2O4/c1-11-5-12(7-13(6-11)19(26)27)17(24-2)9-18-25-16-4-3-15(29-20(21,22)23)8-14(16)10-28-18/h3-5,7-9,11,24H,6,10H2,1-2H3,(H,26,27). The van der Waals surface area contributed by atoms with Crippen LogP contribution in [0.15, 0.2) is 58.3 Å². The molecule has 2 N–H and O–H groups in total. The molecular weight excluding hydrogens is 389 g/mol. The van der Waals surface area contributed by atoms with Gasteiger partial charge in [0.1, 0.15) is 12.4 Å². The van der Waals surface area contributed by atoms with Crippen molar-refractivity contribution in [3.63, 3.8) is 0 Å². The normalized spacial score (nSPS) is 19.3. The number of carboxylic acids is 1. The van der Waals surface area contributed by atoms with Crippen molar-refractivity contribution >= 4 is 17.6 Å². The van der Waals surface area contributed by atoms with Gasteiger partial charge in [0.25, 0.3) is 0 Å². The quantitative estimate of drug-likeness (QED) is 0.762. The summed E-state index contributed by atoms with van der Waals surface area (Å²) in [6.07, 6.45) is 0.858. The van der Waals surface area contributed by atoms with Gasteiger partial charge in [-0.2, -0.15) is 0 Å². The van der Waals surface area contributed by atoms with E-state index in [0.29, 0.717) is 34.5 Å². The number of hydrogen-bond acceptors (Lipinski definition) is 5. The molecule has 29 heavy (non-hydrogen) atoms. The van der Waals surface area contributed by atoms with Gasteiger partial charge in [-0.05, 0) is 42.2 Å². The first-order valence-electron chi connectivity index (χ1n) is 8.80. The van der Waals surface area contributed by atoms with Gasteiger partial charge in [0.15, 0.2) is 0 Å². The number of ether oxygens (including phenoxy) is 2. The molecule has 1 aromatic rings. The van der Waals surface area contributed by atoms with Crippen LogP contribution in [-0.2, 0) is 16.1 Å². The second-order valence-electron chi connectivity index (χ2n) is 6.66. The molecule has 1 heterocycles. The van der Waals surface area contributed by atoms with E-state index in [0.717, 1.165) is 0 Å². The van der Waals surface area contributed by atoms with Crippen LogP contribution in [-0.4, -0.2) is 30.4 Å². The first-order valence-corrected chi connectivity index (χ1v) is 8.80. The van der Waals surface area contributed by atoms with Gasteiger partial charge in [0, 0.05) is 30.0 Å². The lowest BCUT2D eigenvalue weighted by Crippen LogP contribution is -2.18. The van der Waals surface area contributed by atoms with Crippen LogP contribution in [0.25, 0.3) is 0 Å². The lowest BCUT2D eigenvalue weighted by Gasteiger charge is -2.20. The predicted octanol–water partition coefficient (Wildman–Crippen LogP) is 4.23. The fraction of sp³-hybridized carbons (Fsp3) is 0.300. The number of nitrogens with zero attached hydrogens (tertiary/aromatic N) is 1. The molecule has 1 aliphatic carbocycles. The number of aliphatic imine (C=N–C) groups is 1. The molecule has 3 rings (SSSR count). The third kappa shape index (κ3) is 5.18. The summed E-state index contributed by atoms with van der Waals surface area (Å²) in [4.78, 5) is 15.6. The zero-order valence-corrected chi connectivity index (χ0v) is 15.7. The summed E-state index contributed by atoms with van der Waals surface area (Å²) in [6.45, 7) is 1.96. The van der Waals surface area contributed by atoms with Gasteiger partial charge in [-0.1, -0.05) is 13.0 Å². The Morgan fingerprint density at radius 2 is 2.17 bits per heavy atom. The Labute approximate surface area is 165 Å². The summed E-state index contributed by atoms with van der Waals surface area (Å²) in [5.41, 5.74) is 2.57. The molecule has 6 nitrogen and oxygen atoms in total. The van der Waals surface area contributed by atoms with Gasteiger partial charge in [-0.25, -0.2) is 9.79 Å². The van der Waals surface area contributed by atoms with E-state index in [-0.39, 0.29) is 24.2 Å². The Bertz CT molecular complexity index is 946. The Hall–Kier alpha value is -3.23. The van der Waals surface area contributed by atoms with Crippen molar-refractivity contribution < 1.29 is 32.5 Å². The fourth-order valence-electron chi connectivity index (χ4n) is 3.11. The molecule has 154 valence electrons. The second kappa shape index (κ2) is 8.02. The van der Waals surface area contributed by atoms with E-state index in [4.69, 9.17) is 4.74 Å². The average Bonchev–Trinajstić information content (AvgIpc) is 2.64. The number of aliphatic carboxylic acids is 1. The van der Waals surface area contributed by atoms with E-state index in [9.17, 15) is 23.1 Å². The van der Waals surface area contributed by atoms with Crippen molar-refractivity contribution in [2.45, 2.75) is 26.3 Å². The third-order valence-electron chi connectivity index (χ3n) is 4.35. The molecule has 1 aliphatic heterocycles. The minimum atomic E-state index is -4.77. The number of carbonyl (C=O) groups is 1. The number of fused-ring (bicyclic) bond motifs is 1. The summed E-state index contributed by atoms with van der Waals surface area (Å²) in [6, 6.07) is 3.85. The second-order valence-corrected chi connectivity index (χ2v) is 6.66. The van der Waals surface area contributed by atoms with E-state index in [1.54, 1.807) is 19.2 Å². The highest BCUT2D eigenvalue weighted by molar-refractivity contribution is 5.93. The molecular formula is C20H19F3N2O4. The fourth-order valence-corrected chi connectivity index (χ4v) is 3.11. The molecule has 0 amide bonds. The number of alkyl halides is 3. The number of halogens is 3. The highest BCUT2D eigenvalue weighted by Crippen LogP contribution is 2.32. The first kappa shape index (κ1) is 20.5. The Kier molecular flexibility index (Phi) is 5.67. The summed E-state index contributed by atoms with van der Waals surface area (Å²) >= 11 is 0. The number of benzene rings is 1. The Balaban J connectivity index is 1.87. The number of likely N-dealkylation sites (N-methyl/N-ethyl adjacent to an activating group) is 1. The zero-order valence-electron chi connectivity index (χ0n) is 15.7. The van der Waals surface area contributed by atoms with Crippen molar-refractivity contribution in [3.05, 3.63) is 58.8 Å². The van der Waals surface area contributed by atoms with Gasteiger partial charge in [0.2, 0.25) is 5.90 Å². The Morgan fingerprint density at radius 1 is 1.41 bits per heavy atom. The lowest BCUT2D eigenvalue weighted by molar-refractivity contribution is -0.274. The van der Waals surface area contributed by atoms with Crippen molar-refractivity contribution in [3.8, 4) is 5.75 Å². The van der Waals surface area contributed by atoms with E-state index < -0.39 is 12.3 Å². The minimum absolute atomic E-state index is 0.0301. The van der Waals surface area contributed by atoms with E-state index >= 15 is 0 Å². The molecule has 1 unspecified atom stereocenters. The van der Waals surface area contributed by atoms with Crippen molar-refractivity contribution in [1.82, 2.24) is 5.32 Å². The number of nitrogens with one attached hydrogen (secondary N) is 1. The maximum atomic E-state index is 12.4. The van der Waals surface area contributed by atoms with Crippen LogP contribution < -0.4 is 10.1 Å². The molecule has 0 fully saturated rings. The van der Waals surface area contributed by atoms with E-state index in [1.165, 1.54) is 18.2 Å². The van der Waals surface area contributed by atoms with Gasteiger partial charge in [0.05, 0.1) is 5.69 Å². The molecule has 1 atom stereocenters. The van der Waals surface area contributed by atoms with E-state index in [2.05, 4.69) is 15.0 Å². The molecule has 0 aromatic heterocycles. The lowest BCUT2D eigenvalue weighted by atomic mass is 9.90. The molecule has 1 aromatic carbocycles. The SMILES string of the molecule is CNC(=CC1=Nc2ccc(OC(F)(F)F)cc2CO1)C1=CC(C)CC(C(=O)O)=C1. The number of rotatable bonds is 5. The summed E-state index contributed by atoms with van der Waals surface area (Å²) < 4.78 is 46.5. The van der Waals surface area contributed by atoms with Crippen LogP contribution in [0.5, 0.6) is 5.75 Å². The van der Waals surface area contributed by atoms with Gasteiger partial charge in [-0.15, -0.1) is 13.2 Å². The molecule has 0 spiro atoms. The van der Waals surface area contributed by atoms with Gasteiger partial charge >= 0.3 is 12.3 Å². The smallest absolute Gasteiger partial charge is 0.478 e. The predicted molar refractivity (Wildman–Crippen MR) is 99.7 cm³/mol. The number of hydrogen-bond donors (Lipinski definition) is 2. The van der Waals surface area contributed by atoms with Crippen LogP contribution >= 0.6 is 0 Å². The van der Waals surface area contributed by atoms with Crippen LogP contribution in [0.4, 0.5) is 18.9 Å². The minimum Gasteiger partial charge on any atom is -0.478 e. The summed E-state index contributed by atoms with van der Waals surface area (Å²) in [5.74, 6) is -0.983.